The number of aromatic nitrogens is 1. The Hall–Kier alpha value is -2.02. The number of benzene rings is 1. The number of fused-ring (bicyclic) bond motifs is 1. The molecule has 1 heteroatoms. The minimum Gasteiger partial charge on any atom is -0.355 e. The molecule has 15 heavy (non-hydrogen) atoms. The number of H-pyrrole nitrogens is 1. The van der Waals surface area contributed by atoms with E-state index in [2.05, 4.69) is 30.3 Å². The lowest BCUT2D eigenvalue weighted by atomic mass is 10.1. The first kappa shape index (κ1) is 9.53. The van der Waals surface area contributed by atoms with Crippen LogP contribution in [0.2, 0.25) is 0 Å². The summed E-state index contributed by atoms with van der Waals surface area (Å²) in [7, 11) is 0. The van der Waals surface area contributed by atoms with Gasteiger partial charge >= 0.3 is 0 Å². The fourth-order valence-corrected chi connectivity index (χ4v) is 1.70. The number of hydrogen-bond acceptors (Lipinski definition) is 0. The zero-order valence-electron chi connectivity index (χ0n) is 8.53. The third-order valence-corrected chi connectivity index (χ3v) is 2.38. The Morgan fingerprint density at radius 2 is 1.93 bits per heavy atom. The molecule has 0 saturated heterocycles. The summed E-state index contributed by atoms with van der Waals surface area (Å²) in [4.78, 5) is 3.34. The van der Waals surface area contributed by atoms with Gasteiger partial charge in [0.2, 0.25) is 0 Å². The number of hydrogen-bond donors (Lipinski definition) is 1. The summed E-state index contributed by atoms with van der Waals surface area (Å²) in [5, 5.41) is 1.20. The molecule has 2 aromatic rings. The van der Waals surface area contributed by atoms with Crippen LogP contribution in [0.3, 0.4) is 0 Å². The highest BCUT2D eigenvalue weighted by molar-refractivity contribution is 5.92. The van der Waals surface area contributed by atoms with Gasteiger partial charge < -0.3 is 4.98 Å². The molecule has 1 heterocycles. The van der Waals surface area contributed by atoms with E-state index in [-0.39, 0.29) is 0 Å². The lowest BCUT2D eigenvalue weighted by molar-refractivity contribution is 1.42. The van der Waals surface area contributed by atoms with Crippen molar-refractivity contribution in [3.8, 4) is 0 Å². The molecule has 2 rings (SSSR count). The van der Waals surface area contributed by atoms with Crippen molar-refractivity contribution >= 4 is 23.1 Å². The maximum atomic E-state index is 3.84. The number of rotatable bonds is 3. The molecular formula is C14H13N. The van der Waals surface area contributed by atoms with E-state index in [1.165, 1.54) is 5.39 Å². The highest BCUT2D eigenvalue weighted by Gasteiger charge is 2.04. The smallest absolute Gasteiger partial charge is 0.0464 e. The zero-order valence-corrected chi connectivity index (χ0v) is 8.53. The average Bonchev–Trinajstić information content (AvgIpc) is 2.63. The van der Waals surface area contributed by atoms with Crippen LogP contribution in [-0.2, 0) is 0 Å². The van der Waals surface area contributed by atoms with E-state index < -0.39 is 0 Å². The van der Waals surface area contributed by atoms with Gasteiger partial charge in [0.05, 0.1) is 0 Å². The third kappa shape index (κ3) is 1.64. The van der Waals surface area contributed by atoms with Crippen molar-refractivity contribution in [2.45, 2.75) is 0 Å². The van der Waals surface area contributed by atoms with Gasteiger partial charge in [-0.15, -0.1) is 0 Å². The second-order valence-corrected chi connectivity index (χ2v) is 3.30. The maximum Gasteiger partial charge on any atom is 0.0464 e. The lowest BCUT2D eigenvalue weighted by Gasteiger charge is -1.91. The monoisotopic (exact) mass is 195 g/mol. The van der Waals surface area contributed by atoms with Crippen molar-refractivity contribution < 1.29 is 0 Å². The quantitative estimate of drug-likeness (QED) is 0.712. The van der Waals surface area contributed by atoms with Gasteiger partial charge in [0.15, 0.2) is 0 Å². The molecule has 0 aliphatic rings. The van der Waals surface area contributed by atoms with E-state index >= 15 is 0 Å². The van der Waals surface area contributed by atoms with Crippen LogP contribution in [0.25, 0.3) is 23.1 Å². The predicted molar refractivity (Wildman–Crippen MR) is 67.6 cm³/mol. The Labute approximate surface area is 89.4 Å². The third-order valence-electron chi connectivity index (χ3n) is 2.38. The molecule has 1 N–H and O–H groups in total. The van der Waals surface area contributed by atoms with Crippen LogP contribution in [-0.4, -0.2) is 4.98 Å². The van der Waals surface area contributed by atoms with E-state index in [1.54, 1.807) is 6.08 Å². The van der Waals surface area contributed by atoms with E-state index in [0.29, 0.717) is 0 Å². The number of allylic oxidation sites excluding steroid dienone is 2. The molecule has 0 radical (unpaired) electrons. The van der Waals surface area contributed by atoms with Crippen molar-refractivity contribution in [3.05, 3.63) is 60.8 Å². The standard InChI is InChI=1S/C14H13N/c1-3-5-9-13-11(4-2)12-8-6-7-10-14(12)15-13/h3-10,15H,1-2H2/b9-5-. The Kier molecular flexibility index (Phi) is 2.55. The molecule has 0 aliphatic heterocycles. The summed E-state index contributed by atoms with van der Waals surface area (Å²) in [6, 6.07) is 8.21. The molecule has 0 amide bonds. The van der Waals surface area contributed by atoms with Gasteiger partial charge in [0.1, 0.15) is 0 Å². The van der Waals surface area contributed by atoms with Crippen LogP contribution in [0.1, 0.15) is 11.3 Å². The first-order valence-corrected chi connectivity index (χ1v) is 4.89. The fraction of sp³-hybridized carbons (Fsp3) is 0. The van der Waals surface area contributed by atoms with Gasteiger partial charge in [-0.2, -0.15) is 0 Å². The first-order valence-electron chi connectivity index (χ1n) is 4.89. The predicted octanol–water partition coefficient (Wildman–Crippen LogP) is 4.01. The number of aromatic amines is 1. The Morgan fingerprint density at radius 1 is 1.13 bits per heavy atom. The van der Waals surface area contributed by atoms with Crippen LogP contribution >= 0.6 is 0 Å². The summed E-state index contributed by atoms with van der Waals surface area (Å²) in [6.07, 6.45) is 7.56. The average molecular weight is 195 g/mol. The minimum absolute atomic E-state index is 1.08. The number of para-hydroxylation sites is 1. The second-order valence-electron chi connectivity index (χ2n) is 3.30. The van der Waals surface area contributed by atoms with E-state index in [1.807, 2.05) is 30.4 Å². The normalized spacial score (nSPS) is 10.9. The minimum atomic E-state index is 1.08. The van der Waals surface area contributed by atoms with Gasteiger partial charge in [0, 0.05) is 22.2 Å². The van der Waals surface area contributed by atoms with Gasteiger partial charge in [-0.3, -0.25) is 0 Å². The van der Waals surface area contributed by atoms with Crippen molar-refractivity contribution in [2.24, 2.45) is 0 Å². The molecule has 74 valence electrons. The van der Waals surface area contributed by atoms with Crippen LogP contribution in [0, 0.1) is 0 Å². The van der Waals surface area contributed by atoms with Crippen molar-refractivity contribution in [3.63, 3.8) is 0 Å². The maximum absolute atomic E-state index is 3.84. The molecule has 1 aromatic carbocycles. The second kappa shape index (κ2) is 4.01. The van der Waals surface area contributed by atoms with Crippen molar-refractivity contribution in [1.82, 2.24) is 4.98 Å². The lowest BCUT2D eigenvalue weighted by Crippen LogP contribution is -1.73. The summed E-state index contributed by atoms with van der Waals surface area (Å²) >= 11 is 0. The van der Waals surface area contributed by atoms with Crippen molar-refractivity contribution in [2.75, 3.05) is 0 Å². The highest BCUT2D eigenvalue weighted by Crippen LogP contribution is 2.24. The molecule has 0 atom stereocenters. The number of nitrogens with one attached hydrogen (secondary N) is 1. The van der Waals surface area contributed by atoms with Gasteiger partial charge in [-0.1, -0.05) is 49.6 Å². The Morgan fingerprint density at radius 3 is 2.67 bits per heavy atom. The summed E-state index contributed by atoms with van der Waals surface area (Å²) < 4.78 is 0. The summed E-state index contributed by atoms with van der Waals surface area (Å²) in [6.45, 7) is 7.50. The van der Waals surface area contributed by atoms with Gasteiger partial charge in [0.25, 0.3) is 0 Å². The van der Waals surface area contributed by atoms with Gasteiger partial charge in [-0.25, -0.2) is 0 Å². The largest absolute Gasteiger partial charge is 0.355 e. The molecule has 0 aliphatic carbocycles. The van der Waals surface area contributed by atoms with E-state index in [9.17, 15) is 0 Å². The highest BCUT2D eigenvalue weighted by atomic mass is 14.7. The summed E-state index contributed by atoms with van der Waals surface area (Å²) in [5.41, 5.74) is 3.35. The molecule has 1 nitrogen and oxygen atoms in total. The molecule has 0 saturated carbocycles. The molecule has 0 bridgehead atoms. The molecule has 0 fully saturated rings. The molecule has 1 aromatic heterocycles. The molecule has 0 spiro atoms. The van der Waals surface area contributed by atoms with Crippen LogP contribution in [0.15, 0.2) is 49.6 Å². The van der Waals surface area contributed by atoms with Crippen LogP contribution in [0.5, 0.6) is 0 Å². The zero-order chi connectivity index (χ0) is 10.7. The van der Waals surface area contributed by atoms with E-state index in [4.69, 9.17) is 0 Å². The summed E-state index contributed by atoms with van der Waals surface area (Å²) in [5.74, 6) is 0. The fourth-order valence-electron chi connectivity index (χ4n) is 1.70. The topological polar surface area (TPSA) is 15.8 Å². The van der Waals surface area contributed by atoms with Crippen LogP contribution in [0.4, 0.5) is 0 Å². The molecular weight excluding hydrogens is 182 g/mol. The van der Waals surface area contributed by atoms with E-state index in [0.717, 1.165) is 16.8 Å². The van der Waals surface area contributed by atoms with Crippen molar-refractivity contribution in [1.29, 1.82) is 0 Å². The first-order chi connectivity index (χ1) is 7.36. The SMILES string of the molecule is C=C/C=C\c1[nH]c2ccccc2c1C=C. The Bertz CT molecular complexity index is 529. The van der Waals surface area contributed by atoms with Crippen LogP contribution < -0.4 is 0 Å². The van der Waals surface area contributed by atoms with Gasteiger partial charge in [-0.05, 0) is 12.1 Å². The molecule has 0 unspecified atom stereocenters. The Balaban J connectivity index is 2.68.